The Bertz CT molecular complexity index is 1270. The van der Waals surface area contributed by atoms with Crippen LogP contribution >= 0.6 is 23.5 Å². The number of hydrogen-bond acceptors (Lipinski definition) is 12. The van der Waals surface area contributed by atoms with Gasteiger partial charge in [-0.3, -0.25) is 9.09 Å². The Kier molecular flexibility index (Phi) is 7.34. The lowest BCUT2D eigenvalue weighted by molar-refractivity contribution is -0.203. The fraction of sp³-hybridized carbons (Fsp3) is 0.615. The Morgan fingerprint density at radius 1 is 1.17 bits per heavy atom. The SMILES string of the molecule is CNc1nc(C)nc2c1ncn2[C@@H]1O[C@](F)(COP(=O)(O)OP(=O)(O)OP(=O)(O)O)[C@@H](O)[C@@]1(C)F. The van der Waals surface area contributed by atoms with Gasteiger partial charge in [0, 0.05) is 7.05 Å². The molecule has 35 heavy (non-hydrogen) atoms. The minimum Gasteiger partial charge on any atom is -0.384 e. The molecule has 1 aliphatic rings. The van der Waals surface area contributed by atoms with E-state index in [1.54, 1.807) is 0 Å². The Hall–Kier alpha value is -1.46. The first-order valence-electron chi connectivity index (χ1n) is 9.21. The number of alkyl halides is 2. The van der Waals surface area contributed by atoms with E-state index in [4.69, 9.17) is 19.4 Å². The van der Waals surface area contributed by atoms with Crippen LogP contribution in [0.3, 0.4) is 0 Å². The highest BCUT2D eigenvalue weighted by atomic mass is 31.3. The van der Waals surface area contributed by atoms with Crippen molar-refractivity contribution in [3.05, 3.63) is 12.2 Å². The van der Waals surface area contributed by atoms with Crippen LogP contribution < -0.4 is 5.32 Å². The van der Waals surface area contributed by atoms with E-state index in [0.717, 1.165) is 17.8 Å². The fourth-order valence-corrected chi connectivity index (χ4v) is 6.24. The predicted molar refractivity (Wildman–Crippen MR) is 109 cm³/mol. The van der Waals surface area contributed by atoms with Gasteiger partial charge in [0.2, 0.25) is 0 Å². The van der Waals surface area contributed by atoms with Crippen molar-refractivity contribution < 1.29 is 65.0 Å². The summed E-state index contributed by atoms with van der Waals surface area (Å²) in [7, 11) is -15.8. The lowest BCUT2D eigenvalue weighted by atomic mass is 9.97. The van der Waals surface area contributed by atoms with Crippen molar-refractivity contribution in [1.29, 1.82) is 0 Å². The Labute approximate surface area is 194 Å². The lowest BCUT2D eigenvalue weighted by Crippen LogP contribution is -2.46. The molecule has 0 bridgehead atoms. The standard InChI is InChI=1S/C13H20F2N5O12P3/c1-6-18-8(16-3)7-9(19-6)20(5-17-7)11-12(2,14)10(21)13(15,30-11)4-29-34(25,26)32-35(27,28)31-33(22,23)24/h5,10-11,21H,4H2,1-3H3,(H,25,26)(H,27,28)(H,16,18,19)(H2,22,23,24)/t10-,11+,12+,13+/m0/s1. The molecule has 2 aromatic heterocycles. The number of rotatable bonds is 9. The van der Waals surface area contributed by atoms with E-state index in [1.807, 2.05) is 0 Å². The highest BCUT2D eigenvalue weighted by Gasteiger charge is 2.65. The van der Waals surface area contributed by atoms with E-state index < -0.39 is 53.9 Å². The van der Waals surface area contributed by atoms with Crippen LogP contribution in [0.15, 0.2) is 6.33 Å². The van der Waals surface area contributed by atoms with Gasteiger partial charge in [-0.1, -0.05) is 0 Å². The molecule has 0 saturated carbocycles. The normalized spacial score (nSPS) is 30.8. The summed E-state index contributed by atoms with van der Waals surface area (Å²) in [5, 5.41) is 13.0. The summed E-state index contributed by atoms with van der Waals surface area (Å²) in [4.78, 5) is 47.9. The van der Waals surface area contributed by atoms with Crippen molar-refractivity contribution >= 4 is 40.4 Å². The minimum absolute atomic E-state index is 0.0138. The van der Waals surface area contributed by atoms with E-state index in [1.165, 1.54) is 14.0 Å². The molecule has 22 heteroatoms. The summed E-state index contributed by atoms with van der Waals surface area (Å²) in [5.41, 5.74) is -2.78. The number of aliphatic hydroxyl groups excluding tert-OH is 1. The van der Waals surface area contributed by atoms with E-state index in [-0.39, 0.29) is 22.8 Å². The zero-order valence-corrected chi connectivity index (χ0v) is 20.6. The number of aromatic nitrogens is 4. The van der Waals surface area contributed by atoms with Crippen molar-refractivity contribution in [3.63, 3.8) is 0 Å². The molecule has 198 valence electrons. The molecule has 2 aromatic rings. The van der Waals surface area contributed by atoms with Crippen LogP contribution in [0.5, 0.6) is 0 Å². The number of halogens is 2. The van der Waals surface area contributed by atoms with Crippen molar-refractivity contribution in [2.24, 2.45) is 0 Å². The second-order valence-corrected chi connectivity index (χ2v) is 11.8. The first-order chi connectivity index (χ1) is 15.8. The smallest absolute Gasteiger partial charge is 0.384 e. The molecule has 2 unspecified atom stereocenters. The minimum atomic E-state index is -5.89. The van der Waals surface area contributed by atoms with Gasteiger partial charge in [0.25, 0.3) is 5.85 Å². The molecule has 0 radical (unpaired) electrons. The van der Waals surface area contributed by atoms with Gasteiger partial charge in [-0.25, -0.2) is 37.4 Å². The summed E-state index contributed by atoms with van der Waals surface area (Å²) in [6.45, 7) is 0.530. The number of aliphatic hydroxyl groups is 1. The average molecular weight is 569 g/mol. The lowest BCUT2D eigenvalue weighted by Gasteiger charge is -2.25. The number of nitrogens with zero attached hydrogens (tertiary/aromatic N) is 4. The van der Waals surface area contributed by atoms with Gasteiger partial charge < -0.3 is 34.7 Å². The van der Waals surface area contributed by atoms with E-state index in [9.17, 15) is 23.7 Å². The van der Waals surface area contributed by atoms with Crippen LogP contribution in [0.1, 0.15) is 19.0 Å². The van der Waals surface area contributed by atoms with E-state index >= 15 is 8.78 Å². The number of phosphoric acid groups is 3. The first-order valence-corrected chi connectivity index (χ1v) is 13.7. The summed E-state index contributed by atoms with van der Waals surface area (Å²) in [5.74, 6) is -3.06. The van der Waals surface area contributed by atoms with Gasteiger partial charge in [0.1, 0.15) is 12.4 Å². The monoisotopic (exact) mass is 569 g/mol. The Morgan fingerprint density at radius 3 is 2.37 bits per heavy atom. The molecular formula is C13H20F2N5O12P3. The molecule has 3 heterocycles. The van der Waals surface area contributed by atoms with Gasteiger partial charge in [-0.15, -0.1) is 0 Å². The van der Waals surface area contributed by atoms with Crippen LogP contribution in [0.25, 0.3) is 11.2 Å². The van der Waals surface area contributed by atoms with Crippen molar-refractivity contribution in [2.45, 2.75) is 37.7 Å². The van der Waals surface area contributed by atoms with Gasteiger partial charge in [-0.2, -0.15) is 8.62 Å². The van der Waals surface area contributed by atoms with Gasteiger partial charge in [-0.05, 0) is 13.8 Å². The van der Waals surface area contributed by atoms with Crippen LogP contribution in [0.2, 0.25) is 0 Å². The van der Waals surface area contributed by atoms with Crippen LogP contribution in [-0.2, 0) is 31.6 Å². The second kappa shape index (κ2) is 9.13. The molecule has 0 amide bonds. The predicted octanol–water partition coefficient (Wildman–Crippen LogP) is 0.803. The Balaban J connectivity index is 1.85. The molecule has 1 aliphatic heterocycles. The third-order valence-electron chi connectivity index (χ3n) is 4.60. The van der Waals surface area contributed by atoms with Crippen molar-refractivity contribution in [3.8, 4) is 0 Å². The second-order valence-electron chi connectivity index (χ2n) is 7.37. The van der Waals surface area contributed by atoms with Crippen molar-refractivity contribution in [2.75, 3.05) is 19.0 Å². The summed E-state index contributed by atoms with van der Waals surface area (Å²) in [6, 6.07) is 0. The topological polar surface area (TPSA) is 245 Å². The number of imidazole rings is 1. The van der Waals surface area contributed by atoms with Gasteiger partial charge in [0.05, 0.1) is 6.33 Å². The number of nitrogens with one attached hydrogen (secondary N) is 1. The molecular weight excluding hydrogens is 549 g/mol. The third-order valence-corrected chi connectivity index (χ3v) is 8.38. The fourth-order valence-electron chi connectivity index (χ4n) is 3.21. The van der Waals surface area contributed by atoms with Crippen LogP contribution in [-0.4, -0.2) is 75.5 Å². The zero-order chi connectivity index (χ0) is 26.6. The molecule has 1 fully saturated rings. The summed E-state index contributed by atoms with van der Waals surface area (Å²) >= 11 is 0. The van der Waals surface area contributed by atoms with Gasteiger partial charge >= 0.3 is 23.5 Å². The summed E-state index contributed by atoms with van der Waals surface area (Å²) in [6.07, 6.45) is -3.57. The number of fused-ring (bicyclic) bond motifs is 1. The largest absolute Gasteiger partial charge is 0.490 e. The third kappa shape index (κ3) is 5.93. The number of anilines is 1. The molecule has 0 aromatic carbocycles. The quantitative estimate of drug-likeness (QED) is 0.229. The zero-order valence-electron chi connectivity index (χ0n) is 17.9. The van der Waals surface area contributed by atoms with Crippen LogP contribution in [0.4, 0.5) is 14.6 Å². The summed E-state index contributed by atoms with van der Waals surface area (Å²) < 4.78 is 82.0. The molecule has 0 spiro atoms. The molecule has 0 aliphatic carbocycles. The Morgan fingerprint density at radius 2 is 1.80 bits per heavy atom. The van der Waals surface area contributed by atoms with E-state index in [0.29, 0.717) is 0 Å². The molecule has 1 saturated heterocycles. The molecule has 6 atom stereocenters. The number of phosphoric ester groups is 1. The molecule has 6 N–H and O–H groups in total. The maximum Gasteiger partial charge on any atom is 0.490 e. The van der Waals surface area contributed by atoms with E-state index in [2.05, 4.69) is 33.4 Å². The average Bonchev–Trinajstić information content (AvgIpc) is 3.16. The molecule has 17 nitrogen and oxygen atoms in total. The molecule has 3 rings (SSSR count). The highest BCUT2D eigenvalue weighted by Crippen LogP contribution is 2.66. The maximum atomic E-state index is 15.5. The number of ether oxygens (including phenoxy) is 1. The maximum absolute atomic E-state index is 15.5. The number of hydrogen-bond donors (Lipinski definition) is 6. The number of aryl methyl sites for hydroxylation is 1. The van der Waals surface area contributed by atoms with Crippen LogP contribution in [0, 0.1) is 6.92 Å². The van der Waals surface area contributed by atoms with Gasteiger partial charge in [0.15, 0.2) is 35.0 Å². The first kappa shape index (κ1) is 28.1. The van der Waals surface area contributed by atoms with Crippen molar-refractivity contribution in [1.82, 2.24) is 19.5 Å². The highest BCUT2D eigenvalue weighted by molar-refractivity contribution is 7.66.